The minimum absolute atomic E-state index is 0.0111. The van der Waals surface area contributed by atoms with Crippen molar-refractivity contribution in [3.63, 3.8) is 0 Å². The molecule has 1 aromatic carbocycles. The monoisotopic (exact) mass is 448 g/mol. The van der Waals surface area contributed by atoms with E-state index >= 15 is 0 Å². The molecule has 1 heterocycles. The summed E-state index contributed by atoms with van der Waals surface area (Å²) < 4.78 is 29.5. The lowest BCUT2D eigenvalue weighted by Gasteiger charge is -2.49. The number of benzene rings is 1. The van der Waals surface area contributed by atoms with Crippen molar-refractivity contribution in [2.24, 2.45) is 17.8 Å². The molecule has 1 saturated heterocycles. The van der Waals surface area contributed by atoms with Gasteiger partial charge in [0.15, 0.2) is 11.6 Å². The second-order valence-electron chi connectivity index (χ2n) is 9.27. The zero-order valence-corrected chi connectivity index (χ0v) is 20.6. The van der Waals surface area contributed by atoms with Crippen LogP contribution in [0.2, 0.25) is 0 Å². The van der Waals surface area contributed by atoms with Gasteiger partial charge < -0.3 is 23.7 Å². The quantitative estimate of drug-likeness (QED) is 0.428. The SMILES string of the molecule is C=CC(=O)C[C@@H](OC)[C@@H](C)[C@@H]1OC(C)(C)O[C@@H]([C@@H](C)COCc2ccc(OC)cc2)[C@H]1C. The van der Waals surface area contributed by atoms with Crippen molar-refractivity contribution in [2.75, 3.05) is 20.8 Å². The number of hydrogen-bond acceptors (Lipinski definition) is 6. The lowest BCUT2D eigenvalue weighted by atomic mass is 9.80. The van der Waals surface area contributed by atoms with Crippen LogP contribution < -0.4 is 4.74 Å². The number of methoxy groups -OCH3 is 2. The fraction of sp³-hybridized carbons (Fsp3) is 0.654. The molecule has 0 saturated carbocycles. The Morgan fingerprint density at radius 2 is 1.78 bits per heavy atom. The number of carbonyl (C=O) groups is 1. The van der Waals surface area contributed by atoms with E-state index < -0.39 is 5.79 Å². The molecule has 0 unspecified atom stereocenters. The Morgan fingerprint density at radius 3 is 2.34 bits per heavy atom. The first-order chi connectivity index (χ1) is 15.1. The van der Waals surface area contributed by atoms with Gasteiger partial charge in [-0.3, -0.25) is 4.79 Å². The van der Waals surface area contributed by atoms with Crippen molar-refractivity contribution < 1.29 is 28.5 Å². The summed E-state index contributed by atoms with van der Waals surface area (Å²) in [5.41, 5.74) is 1.10. The van der Waals surface area contributed by atoms with Crippen LogP contribution in [-0.2, 0) is 30.3 Å². The van der Waals surface area contributed by atoms with Gasteiger partial charge in [-0.15, -0.1) is 0 Å². The van der Waals surface area contributed by atoms with Crippen molar-refractivity contribution in [1.82, 2.24) is 0 Å². The van der Waals surface area contributed by atoms with Gasteiger partial charge in [-0.1, -0.05) is 39.5 Å². The third-order valence-electron chi connectivity index (χ3n) is 6.28. The van der Waals surface area contributed by atoms with Crippen LogP contribution in [0, 0.1) is 17.8 Å². The fourth-order valence-electron chi connectivity index (χ4n) is 4.46. The van der Waals surface area contributed by atoms with E-state index in [0.717, 1.165) is 11.3 Å². The maximum absolute atomic E-state index is 11.9. The molecule has 0 bridgehead atoms. The molecule has 6 heteroatoms. The summed E-state index contributed by atoms with van der Waals surface area (Å²) in [6.07, 6.45) is 1.23. The van der Waals surface area contributed by atoms with Gasteiger partial charge in [0.2, 0.25) is 0 Å². The Kier molecular flexibility index (Phi) is 9.89. The Hall–Kier alpha value is -1.73. The second-order valence-corrected chi connectivity index (χ2v) is 9.27. The third kappa shape index (κ3) is 7.14. The third-order valence-corrected chi connectivity index (χ3v) is 6.28. The molecular formula is C26H40O6. The highest BCUT2D eigenvalue weighted by Gasteiger charge is 2.46. The highest BCUT2D eigenvalue weighted by atomic mass is 16.7. The van der Waals surface area contributed by atoms with Crippen LogP contribution in [0.5, 0.6) is 5.75 Å². The van der Waals surface area contributed by atoms with Crippen molar-refractivity contribution in [1.29, 1.82) is 0 Å². The predicted octanol–water partition coefficient (Wildman–Crippen LogP) is 4.80. The molecule has 2 rings (SSSR count). The normalized spacial score (nSPS) is 25.5. The minimum Gasteiger partial charge on any atom is -0.497 e. The Bertz CT molecular complexity index is 728. The van der Waals surface area contributed by atoms with Crippen LogP contribution in [0.15, 0.2) is 36.9 Å². The van der Waals surface area contributed by atoms with Crippen LogP contribution in [0.4, 0.5) is 0 Å². The first-order valence-electron chi connectivity index (χ1n) is 11.4. The molecule has 1 aliphatic heterocycles. The van der Waals surface area contributed by atoms with Crippen LogP contribution in [0.3, 0.4) is 0 Å². The van der Waals surface area contributed by atoms with Gasteiger partial charge in [0.25, 0.3) is 0 Å². The molecule has 0 aromatic heterocycles. The smallest absolute Gasteiger partial charge is 0.163 e. The molecule has 0 N–H and O–H groups in total. The molecule has 1 aromatic rings. The number of rotatable bonds is 12. The molecule has 1 aliphatic rings. The molecule has 0 amide bonds. The van der Waals surface area contributed by atoms with Crippen molar-refractivity contribution in [3.05, 3.63) is 42.5 Å². The lowest BCUT2D eigenvalue weighted by molar-refractivity contribution is -0.339. The van der Waals surface area contributed by atoms with Crippen LogP contribution >= 0.6 is 0 Å². The minimum atomic E-state index is -0.735. The van der Waals surface area contributed by atoms with E-state index in [9.17, 15) is 4.79 Å². The summed E-state index contributed by atoms with van der Waals surface area (Å²) in [7, 11) is 3.30. The van der Waals surface area contributed by atoms with Gasteiger partial charge in [-0.05, 0) is 37.6 Å². The van der Waals surface area contributed by atoms with Crippen molar-refractivity contribution >= 4 is 5.78 Å². The largest absolute Gasteiger partial charge is 0.497 e. The number of hydrogen-bond donors (Lipinski definition) is 0. The van der Waals surface area contributed by atoms with Gasteiger partial charge in [0.1, 0.15) is 5.75 Å². The van der Waals surface area contributed by atoms with Gasteiger partial charge >= 0.3 is 0 Å². The summed E-state index contributed by atoms with van der Waals surface area (Å²) in [5, 5.41) is 0. The zero-order valence-electron chi connectivity index (χ0n) is 20.6. The highest BCUT2D eigenvalue weighted by molar-refractivity contribution is 5.89. The van der Waals surface area contributed by atoms with E-state index in [1.807, 2.05) is 38.1 Å². The molecule has 0 aliphatic carbocycles. The van der Waals surface area contributed by atoms with Crippen molar-refractivity contribution in [3.8, 4) is 5.75 Å². The molecule has 0 spiro atoms. The lowest BCUT2D eigenvalue weighted by Crippen LogP contribution is -2.56. The van der Waals surface area contributed by atoms with Gasteiger partial charge in [-0.2, -0.15) is 0 Å². The van der Waals surface area contributed by atoms with Gasteiger partial charge in [0.05, 0.1) is 38.6 Å². The predicted molar refractivity (Wildman–Crippen MR) is 125 cm³/mol. The van der Waals surface area contributed by atoms with Crippen LogP contribution in [0.25, 0.3) is 0 Å². The van der Waals surface area contributed by atoms with E-state index in [1.54, 1.807) is 14.2 Å². The summed E-state index contributed by atoms with van der Waals surface area (Å²) in [6, 6.07) is 7.88. The number of carbonyl (C=O) groups excluding carboxylic acids is 1. The molecule has 6 atom stereocenters. The molecule has 32 heavy (non-hydrogen) atoms. The first kappa shape index (κ1) is 26.5. The maximum Gasteiger partial charge on any atom is 0.163 e. The number of ether oxygens (including phenoxy) is 5. The van der Waals surface area contributed by atoms with E-state index in [4.69, 9.17) is 23.7 Å². The average molecular weight is 449 g/mol. The Labute approximate surface area is 193 Å². The summed E-state index contributed by atoms with van der Waals surface area (Å²) in [5.74, 6) is 0.349. The highest BCUT2D eigenvalue weighted by Crippen LogP contribution is 2.39. The zero-order chi connectivity index (χ0) is 23.9. The topological polar surface area (TPSA) is 63.2 Å². The average Bonchev–Trinajstić information content (AvgIpc) is 2.78. The molecule has 1 fully saturated rings. The molecule has 0 radical (unpaired) electrons. The van der Waals surface area contributed by atoms with Gasteiger partial charge in [0, 0.05) is 31.3 Å². The van der Waals surface area contributed by atoms with Crippen LogP contribution in [-0.4, -0.2) is 50.7 Å². The Balaban J connectivity index is 2.02. The van der Waals surface area contributed by atoms with Gasteiger partial charge in [-0.25, -0.2) is 0 Å². The van der Waals surface area contributed by atoms with E-state index in [2.05, 4.69) is 27.4 Å². The van der Waals surface area contributed by atoms with E-state index in [1.165, 1.54) is 6.08 Å². The number of ketones is 1. The second kappa shape index (κ2) is 11.9. The molecule has 6 nitrogen and oxygen atoms in total. The summed E-state index contributed by atoms with van der Waals surface area (Å²) in [6.45, 7) is 14.9. The van der Waals surface area contributed by atoms with Crippen LogP contribution in [0.1, 0.15) is 46.6 Å². The maximum atomic E-state index is 11.9. The first-order valence-corrected chi connectivity index (χ1v) is 11.4. The fourth-order valence-corrected chi connectivity index (χ4v) is 4.46. The van der Waals surface area contributed by atoms with E-state index in [0.29, 0.717) is 19.6 Å². The van der Waals surface area contributed by atoms with Crippen molar-refractivity contribution in [2.45, 2.75) is 71.7 Å². The molecular weight excluding hydrogens is 408 g/mol. The summed E-state index contributed by atoms with van der Waals surface area (Å²) >= 11 is 0. The number of allylic oxidation sites excluding steroid dienone is 1. The van der Waals surface area contributed by atoms with E-state index in [-0.39, 0.29) is 41.8 Å². The standard InChI is InChI=1S/C26H40O6/c1-9-21(27)14-23(29-8)18(3)25-19(4)24(31-26(5,6)32-25)17(2)15-30-16-20-10-12-22(28-7)13-11-20/h9-13,17-19,23-25H,1,14-16H2,2-8H3/t17-,18+,19+,23+,24-,25-/m0/s1. The molecule has 180 valence electrons. The summed E-state index contributed by atoms with van der Waals surface area (Å²) in [4.78, 5) is 11.9. The Morgan fingerprint density at radius 1 is 1.16 bits per heavy atom.